The second-order valence-corrected chi connectivity index (χ2v) is 13.1. The molecule has 0 spiro atoms. The predicted octanol–water partition coefficient (Wildman–Crippen LogP) is 6.87. The van der Waals surface area contributed by atoms with Gasteiger partial charge >= 0.3 is 17.9 Å². The van der Waals surface area contributed by atoms with Crippen molar-refractivity contribution in [3.63, 3.8) is 0 Å². The maximum absolute atomic E-state index is 14.6. The third kappa shape index (κ3) is 5.49. The number of fused-ring (bicyclic) bond motifs is 3. The number of nitrogens with zero attached hydrogens (tertiary/aromatic N) is 4. The summed E-state index contributed by atoms with van der Waals surface area (Å²) in [6.07, 6.45) is -0.516. The van der Waals surface area contributed by atoms with E-state index in [1.165, 1.54) is 0 Å². The minimum atomic E-state index is -2.24. The number of carboxylic acid groups (broad SMARTS) is 1. The van der Waals surface area contributed by atoms with Crippen molar-refractivity contribution < 1.29 is 29.0 Å². The first-order valence-electron chi connectivity index (χ1n) is 15.8. The Morgan fingerprint density at radius 2 is 1.42 bits per heavy atom. The molecule has 1 aliphatic carbocycles. The number of aliphatic carboxylic acids is 1. The van der Waals surface area contributed by atoms with Crippen LogP contribution < -0.4 is 0 Å². The highest BCUT2D eigenvalue weighted by molar-refractivity contribution is 5.89. The van der Waals surface area contributed by atoms with E-state index in [2.05, 4.69) is 10.0 Å². The SMILES string of the molecule is CC(C)(C)OC(=O)C[C@H]1[C@@H](C(=O)OCc2ccccc2)N(C2(c3ccccc3)c3ccccc3-c3ccccc32)C[C@@]1(N=[N+]=[N-])C(=O)O. The summed E-state index contributed by atoms with van der Waals surface area (Å²) in [4.78, 5) is 46.4. The fourth-order valence-corrected chi connectivity index (χ4v) is 7.36. The van der Waals surface area contributed by atoms with Gasteiger partial charge in [-0.2, -0.15) is 0 Å². The number of carbonyl (C=O) groups excluding carboxylic acids is 2. The van der Waals surface area contributed by atoms with Gasteiger partial charge in [-0.25, -0.2) is 0 Å². The van der Waals surface area contributed by atoms with Crippen LogP contribution in [0.5, 0.6) is 0 Å². The summed E-state index contributed by atoms with van der Waals surface area (Å²) in [5.41, 5.74) is 10.4. The van der Waals surface area contributed by atoms with Crippen molar-refractivity contribution in [2.45, 2.75) is 56.5 Å². The summed E-state index contributed by atoms with van der Waals surface area (Å²) in [5.74, 6) is -4.29. The van der Waals surface area contributed by atoms with E-state index in [9.17, 15) is 25.0 Å². The van der Waals surface area contributed by atoms with E-state index in [1.807, 2.05) is 109 Å². The number of ether oxygens (including phenoxy) is 2. The van der Waals surface area contributed by atoms with E-state index in [1.54, 1.807) is 25.7 Å². The van der Waals surface area contributed by atoms with Gasteiger partial charge in [0.2, 0.25) is 0 Å². The zero-order valence-electron chi connectivity index (χ0n) is 26.9. The minimum Gasteiger partial charge on any atom is -0.481 e. The molecule has 1 saturated heterocycles. The quantitative estimate of drug-likeness (QED) is 0.0907. The molecule has 6 rings (SSSR count). The monoisotopic (exact) mass is 644 g/mol. The van der Waals surface area contributed by atoms with Crippen LogP contribution in [0.25, 0.3) is 21.6 Å². The molecule has 10 heteroatoms. The number of hydrogen-bond acceptors (Lipinski definition) is 7. The summed E-state index contributed by atoms with van der Waals surface area (Å²) < 4.78 is 11.6. The number of carboxylic acids is 1. The van der Waals surface area contributed by atoms with Gasteiger partial charge in [-0.1, -0.05) is 114 Å². The predicted molar refractivity (Wildman–Crippen MR) is 178 cm³/mol. The molecule has 244 valence electrons. The van der Waals surface area contributed by atoms with Gasteiger partial charge in [-0.15, -0.1) is 0 Å². The van der Waals surface area contributed by atoms with Gasteiger partial charge in [-0.05, 0) is 59.7 Å². The molecular weight excluding hydrogens is 608 g/mol. The first-order valence-corrected chi connectivity index (χ1v) is 15.8. The lowest BCUT2D eigenvalue weighted by Gasteiger charge is -2.44. The Balaban J connectivity index is 1.62. The Kier molecular flexibility index (Phi) is 8.55. The molecule has 4 aromatic carbocycles. The van der Waals surface area contributed by atoms with Crippen molar-refractivity contribution >= 4 is 17.9 Å². The number of hydrogen-bond donors (Lipinski definition) is 1. The van der Waals surface area contributed by atoms with Crippen molar-refractivity contribution in [3.8, 4) is 11.1 Å². The molecule has 2 aliphatic rings. The lowest BCUT2D eigenvalue weighted by atomic mass is 9.78. The first kappa shape index (κ1) is 32.5. The molecular formula is C38H36N4O6. The van der Waals surface area contributed by atoms with Crippen molar-refractivity contribution in [2.75, 3.05) is 6.54 Å². The molecule has 1 N–H and O–H groups in total. The lowest BCUT2D eigenvalue weighted by molar-refractivity contribution is -0.159. The van der Waals surface area contributed by atoms with Gasteiger partial charge in [0, 0.05) is 17.4 Å². The number of rotatable bonds is 9. The first-order chi connectivity index (χ1) is 23.0. The molecule has 0 bridgehead atoms. The summed E-state index contributed by atoms with van der Waals surface area (Å²) in [7, 11) is 0. The zero-order chi connectivity index (χ0) is 34.1. The smallest absolute Gasteiger partial charge is 0.324 e. The van der Waals surface area contributed by atoms with Crippen LogP contribution in [0.1, 0.15) is 49.4 Å². The largest absolute Gasteiger partial charge is 0.481 e. The van der Waals surface area contributed by atoms with Gasteiger partial charge in [0.1, 0.15) is 18.2 Å². The number of benzene rings is 4. The van der Waals surface area contributed by atoms with E-state index in [0.29, 0.717) is 0 Å². The molecule has 1 aliphatic heterocycles. The van der Waals surface area contributed by atoms with E-state index in [0.717, 1.165) is 33.4 Å². The van der Waals surface area contributed by atoms with Crippen molar-refractivity contribution in [1.82, 2.24) is 4.90 Å². The van der Waals surface area contributed by atoms with Crippen molar-refractivity contribution in [2.24, 2.45) is 11.0 Å². The Labute approximate surface area is 278 Å². The Bertz CT molecular complexity index is 1850. The van der Waals surface area contributed by atoms with Crippen LogP contribution in [0.4, 0.5) is 0 Å². The van der Waals surface area contributed by atoms with Crippen LogP contribution in [-0.2, 0) is 36.0 Å². The molecule has 0 amide bonds. The van der Waals surface area contributed by atoms with Crippen LogP contribution >= 0.6 is 0 Å². The molecule has 4 aromatic rings. The average Bonchev–Trinajstić information content (AvgIpc) is 3.55. The second-order valence-electron chi connectivity index (χ2n) is 13.1. The molecule has 10 nitrogen and oxygen atoms in total. The van der Waals surface area contributed by atoms with Crippen molar-refractivity contribution in [3.05, 3.63) is 142 Å². The highest BCUT2D eigenvalue weighted by Crippen LogP contribution is 2.58. The van der Waals surface area contributed by atoms with Gasteiger partial charge in [0.05, 0.1) is 12.0 Å². The molecule has 0 unspecified atom stereocenters. The number of esters is 2. The Morgan fingerprint density at radius 3 is 1.96 bits per heavy atom. The summed E-state index contributed by atoms with van der Waals surface area (Å²) in [5, 5.41) is 14.8. The molecule has 1 fully saturated rings. The highest BCUT2D eigenvalue weighted by Gasteiger charge is 2.66. The molecule has 1 heterocycles. The lowest BCUT2D eigenvalue weighted by Crippen LogP contribution is -2.53. The van der Waals surface area contributed by atoms with E-state index < -0.39 is 59.5 Å². The van der Waals surface area contributed by atoms with Gasteiger partial charge in [0.25, 0.3) is 0 Å². The number of likely N-dealkylation sites (tertiary alicyclic amines) is 1. The van der Waals surface area contributed by atoms with E-state index >= 15 is 0 Å². The Hall–Kier alpha value is -5.44. The van der Waals surface area contributed by atoms with E-state index in [-0.39, 0.29) is 6.61 Å². The molecule has 0 radical (unpaired) electrons. The molecule has 48 heavy (non-hydrogen) atoms. The highest BCUT2D eigenvalue weighted by atomic mass is 16.6. The van der Waals surface area contributed by atoms with Crippen LogP contribution in [0.15, 0.2) is 114 Å². The van der Waals surface area contributed by atoms with Crippen LogP contribution in [-0.4, -0.2) is 51.6 Å². The van der Waals surface area contributed by atoms with Gasteiger partial charge in [-0.3, -0.25) is 19.3 Å². The van der Waals surface area contributed by atoms with Crippen LogP contribution in [0, 0.1) is 5.92 Å². The Morgan fingerprint density at radius 1 is 0.875 bits per heavy atom. The summed E-state index contributed by atoms with van der Waals surface area (Å²) >= 11 is 0. The summed E-state index contributed by atoms with van der Waals surface area (Å²) in [6.45, 7) is 4.61. The van der Waals surface area contributed by atoms with Crippen LogP contribution in [0.3, 0.4) is 0 Å². The number of carbonyl (C=O) groups is 3. The third-order valence-electron chi connectivity index (χ3n) is 9.15. The maximum atomic E-state index is 14.6. The standard InChI is InChI=1S/C38H36N4O6/c1-36(2,3)48-32(43)22-31-33(34(44)47-23-25-14-6-4-7-15-25)42(24-37(31,35(45)46)40-41-39)38(26-16-8-5-9-17-26)29-20-12-10-18-27(29)28-19-11-13-21-30(28)38/h4-21,31,33H,22-24H2,1-3H3,(H,45,46)/t31-,33-,37-/m0/s1. The zero-order valence-corrected chi connectivity index (χ0v) is 26.9. The normalized spacial score (nSPS) is 21.0. The minimum absolute atomic E-state index is 0.0870. The second kappa shape index (κ2) is 12.6. The van der Waals surface area contributed by atoms with Crippen LogP contribution in [0.2, 0.25) is 0 Å². The van der Waals surface area contributed by atoms with E-state index in [4.69, 9.17) is 9.47 Å². The van der Waals surface area contributed by atoms with Gasteiger partial charge < -0.3 is 14.6 Å². The number of azide groups is 1. The van der Waals surface area contributed by atoms with Crippen molar-refractivity contribution in [1.29, 1.82) is 0 Å². The maximum Gasteiger partial charge on any atom is 0.324 e. The van der Waals surface area contributed by atoms with Gasteiger partial charge in [0.15, 0.2) is 5.54 Å². The fourth-order valence-electron chi connectivity index (χ4n) is 7.36. The summed E-state index contributed by atoms with van der Waals surface area (Å²) in [6, 6.07) is 32.9. The molecule has 0 saturated carbocycles. The third-order valence-corrected chi connectivity index (χ3v) is 9.15. The fraction of sp³-hybridized carbons (Fsp3) is 0.289. The molecule has 0 aromatic heterocycles. The molecule has 3 atom stereocenters. The topological polar surface area (TPSA) is 142 Å². The average molecular weight is 645 g/mol.